The van der Waals surface area contributed by atoms with Crippen LogP contribution in [0.2, 0.25) is 0 Å². The molecule has 7 nitrogen and oxygen atoms in total. The van der Waals surface area contributed by atoms with Crippen LogP contribution in [0, 0.1) is 0 Å². The van der Waals surface area contributed by atoms with Crippen molar-refractivity contribution < 1.29 is 14.4 Å². The fraction of sp³-hybridized carbons (Fsp3) is 0.467. The van der Waals surface area contributed by atoms with Crippen molar-refractivity contribution in [1.82, 2.24) is 15.1 Å². The van der Waals surface area contributed by atoms with Gasteiger partial charge in [-0.05, 0) is 25.0 Å². The molecule has 1 aliphatic heterocycles. The molecular formula is C15H18N4O3. The van der Waals surface area contributed by atoms with Crippen LogP contribution >= 0.6 is 0 Å². The van der Waals surface area contributed by atoms with E-state index in [0.29, 0.717) is 17.5 Å². The molecule has 1 aliphatic rings. The average Bonchev–Trinajstić information content (AvgIpc) is 3.16. The molecule has 0 saturated carbocycles. The van der Waals surface area contributed by atoms with Crippen molar-refractivity contribution >= 4 is 11.8 Å². The molecule has 3 rings (SSSR count). The van der Waals surface area contributed by atoms with Crippen molar-refractivity contribution in [3.8, 4) is 0 Å². The Hall–Kier alpha value is -2.44. The van der Waals surface area contributed by atoms with Gasteiger partial charge in [0.25, 0.3) is 0 Å². The van der Waals surface area contributed by atoms with Gasteiger partial charge in [-0.15, -0.1) is 0 Å². The molecule has 0 spiro atoms. The summed E-state index contributed by atoms with van der Waals surface area (Å²) in [5.41, 5.74) is 0.0409. The van der Waals surface area contributed by atoms with Crippen LogP contribution in [0.3, 0.4) is 0 Å². The third-order valence-corrected chi connectivity index (χ3v) is 3.75. The SMILES string of the molecule is CC(C)c1nc(C2CCCN2c2cccc(C(=O)O)n2)no1. The first-order valence-electron chi connectivity index (χ1n) is 7.36. The number of anilines is 1. The third-order valence-electron chi connectivity index (χ3n) is 3.75. The Morgan fingerprint density at radius 3 is 2.91 bits per heavy atom. The van der Waals surface area contributed by atoms with Crippen molar-refractivity contribution in [2.75, 3.05) is 11.4 Å². The first-order chi connectivity index (χ1) is 10.6. The van der Waals surface area contributed by atoms with Gasteiger partial charge < -0.3 is 14.5 Å². The molecule has 1 saturated heterocycles. The summed E-state index contributed by atoms with van der Waals surface area (Å²) >= 11 is 0. The zero-order valence-corrected chi connectivity index (χ0v) is 12.6. The molecule has 1 fully saturated rings. The van der Waals surface area contributed by atoms with Crippen molar-refractivity contribution in [2.24, 2.45) is 0 Å². The van der Waals surface area contributed by atoms with Gasteiger partial charge in [-0.3, -0.25) is 0 Å². The molecule has 7 heteroatoms. The summed E-state index contributed by atoms with van der Waals surface area (Å²) in [6.45, 7) is 4.80. The second-order valence-corrected chi connectivity index (χ2v) is 5.68. The lowest BCUT2D eigenvalue weighted by atomic mass is 10.2. The highest BCUT2D eigenvalue weighted by Crippen LogP contribution is 2.34. The summed E-state index contributed by atoms with van der Waals surface area (Å²) in [7, 11) is 0. The van der Waals surface area contributed by atoms with Crippen LogP contribution in [0.5, 0.6) is 0 Å². The van der Waals surface area contributed by atoms with E-state index in [0.717, 1.165) is 19.4 Å². The normalized spacial score (nSPS) is 18.1. The average molecular weight is 302 g/mol. The van der Waals surface area contributed by atoms with E-state index in [1.165, 1.54) is 6.07 Å². The lowest BCUT2D eigenvalue weighted by Gasteiger charge is -2.23. The summed E-state index contributed by atoms with van der Waals surface area (Å²) in [4.78, 5) is 21.8. The number of rotatable bonds is 4. The summed E-state index contributed by atoms with van der Waals surface area (Å²) in [6.07, 6.45) is 1.88. The van der Waals surface area contributed by atoms with Crippen LogP contribution in [0.15, 0.2) is 22.7 Å². The number of carboxylic acid groups (broad SMARTS) is 1. The predicted molar refractivity (Wildman–Crippen MR) is 78.9 cm³/mol. The van der Waals surface area contributed by atoms with Crippen LogP contribution in [0.1, 0.15) is 60.9 Å². The largest absolute Gasteiger partial charge is 0.477 e. The van der Waals surface area contributed by atoms with Gasteiger partial charge in [0.15, 0.2) is 11.5 Å². The topological polar surface area (TPSA) is 92.4 Å². The highest BCUT2D eigenvalue weighted by atomic mass is 16.5. The first kappa shape index (κ1) is 14.5. The molecule has 116 valence electrons. The highest BCUT2D eigenvalue weighted by Gasteiger charge is 2.31. The Kier molecular flexibility index (Phi) is 3.79. The Labute approximate surface area is 128 Å². The van der Waals surface area contributed by atoms with Gasteiger partial charge in [-0.25, -0.2) is 9.78 Å². The van der Waals surface area contributed by atoms with Gasteiger partial charge in [0.05, 0.1) is 6.04 Å². The van der Waals surface area contributed by atoms with E-state index in [-0.39, 0.29) is 17.7 Å². The molecule has 1 N–H and O–H groups in total. The number of aromatic nitrogens is 3. The Morgan fingerprint density at radius 1 is 1.41 bits per heavy atom. The zero-order chi connectivity index (χ0) is 15.7. The van der Waals surface area contributed by atoms with Crippen molar-refractivity contribution in [1.29, 1.82) is 0 Å². The molecule has 0 aliphatic carbocycles. The maximum Gasteiger partial charge on any atom is 0.354 e. The number of hydrogen-bond donors (Lipinski definition) is 1. The number of pyridine rings is 1. The third kappa shape index (κ3) is 2.66. The van der Waals surface area contributed by atoms with Crippen LogP contribution in [0.4, 0.5) is 5.82 Å². The van der Waals surface area contributed by atoms with Gasteiger partial charge in [0, 0.05) is 12.5 Å². The first-order valence-corrected chi connectivity index (χ1v) is 7.36. The van der Waals surface area contributed by atoms with Crippen molar-refractivity contribution in [3.63, 3.8) is 0 Å². The van der Waals surface area contributed by atoms with E-state index < -0.39 is 5.97 Å². The minimum Gasteiger partial charge on any atom is -0.477 e. The number of nitrogens with zero attached hydrogens (tertiary/aromatic N) is 4. The molecule has 3 heterocycles. The van der Waals surface area contributed by atoms with Crippen molar-refractivity contribution in [3.05, 3.63) is 35.6 Å². The zero-order valence-electron chi connectivity index (χ0n) is 12.6. The summed E-state index contributed by atoms with van der Waals surface area (Å²) in [5, 5.41) is 13.2. The second-order valence-electron chi connectivity index (χ2n) is 5.68. The number of aromatic carboxylic acids is 1. The number of carboxylic acids is 1. The van der Waals surface area contributed by atoms with Gasteiger partial charge >= 0.3 is 5.97 Å². The monoisotopic (exact) mass is 302 g/mol. The molecule has 22 heavy (non-hydrogen) atoms. The van der Waals surface area contributed by atoms with Crippen LogP contribution in [-0.2, 0) is 0 Å². The Morgan fingerprint density at radius 2 is 2.23 bits per heavy atom. The predicted octanol–water partition coefficient (Wildman–Crippen LogP) is 2.63. The maximum absolute atomic E-state index is 11.1. The van der Waals surface area contributed by atoms with E-state index in [2.05, 4.69) is 15.1 Å². The number of hydrogen-bond acceptors (Lipinski definition) is 6. The summed E-state index contributed by atoms with van der Waals surface area (Å²) in [5.74, 6) is 1.06. The summed E-state index contributed by atoms with van der Waals surface area (Å²) < 4.78 is 5.28. The van der Waals surface area contributed by atoms with Crippen LogP contribution < -0.4 is 4.90 Å². The smallest absolute Gasteiger partial charge is 0.354 e. The quantitative estimate of drug-likeness (QED) is 0.928. The molecular weight excluding hydrogens is 284 g/mol. The fourth-order valence-electron chi connectivity index (χ4n) is 2.63. The molecule has 2 aromatic heterocycles. The Bertz CT molecular complexity index is 683. The van der Waals surface area contributed by atoms with E-state index >= 15 is 0 Å². The second kappa shape index (κ2) is 5.75. The molecule has 0 aromatic carbocycles. The van der Waals surface area contributed by atoms with Crippen LogP contribution in [0.25, 0.3) is 0 Å². The van der Waals surface area contributed by atoms with E-state index in [9.17, 15) is 4.79 Å². The van der Waals surface area contributed by atoms with Gasteiger partial charge in [0.1, 0.15) is 5.82 Å². The fourth-order valence-corrected chi connectivity index (χ4v) is 2.63. The molecule has 1 unspecified atom stereocenters. The van der Waals surface area contributed by atoms with E-state index in [1.807, 2.05) is 24.8 Å². The maximum atomic E-state index is 11.1. The molecule has 1 atom stereocenters. The van der Waals surface area contributed by atoms with Gasteiger partial charge in [-0.1, -0.05) is 25.1 Å². The highest BCUT2D eigenvalue weighted by molar-refractivity contribution is 5.85. The van der Waals surface area contributed by atoms with Gasteiger partial charge in [0.2, 0.25) is 5.89 Å². The van der Waals surface area contributed by atoms with Crippen molar-refractivity contribution in [2.45, 2.75) is 38.6 Å². The van der Waals surface area contributed by atoms with E-state index in [4.69, 9.17) is 9.63 Å². The standard InChI is InChI=1S/C15H18N4O3/c1-9(2)14-17-13(18-22-14)11-6-4-8-19(11)12-7-3-5-10(16-12)15(20)21/h3,5,7,9,11H,4,6,8H2,1-2H3,(H,20,21). The minimum atomic E-state index is -1.03. The van der Waals surface area contributed by atoms with Gasteiger partial charge in [-0.2, -0.15) is 4.98 Å². The molecule has 0 radical (unpaired) electrons. The molecule has 0 bridgehead atoms. The van der Waals surface area contributed by atoms with E-state index in [1.54, 1.807) is 6.07 Å². The number of carbonyl (C=O) groups is 1. The molecule has 2 aromatic rings. The lowest BCUT2D eigenvalue weighted by Crippen LogP contribution is -2.25. The lowest BCUT2D eigenvalue weighted by molar-refractivity contribution is 0.0690. The summed E-state index contributed by atoms with van der Waals surface area (Å²) in [6, 6.07) is 4.99. The Balaban J connectivity index is 1.89. The minimum absolute atomic E-state index is 0.0206. The van der Waals surface area contributed by atoms with Crippen LogP contribution in [-0.4, -0.2) is 32.7 Å². The molecule has 0 amide bonds.